The molecule has 5 heteroatoms. The van der Waals surface area contributed by atoms with Crippen molar-refractivity contribution < 1.29 is 9.84 Å². The van der Waals surface area contributed by atoms with E-state index in [1.807, 2.05) is 32.0 Å². The van der Waals surface area contributed by atoms with Crippen LogP contribution in [0.25, 0.3) is 0 Å². The summed E-state index contributed by atoms with van der Waals surface area (Å²) in [5.41, 5.74) is 7.84. The standard InChI is InChI=1S/C14H24N2O2.ClH/c1-12-4-3-5-13(2)14(12)18-11-9-16(7-6-15)8-10-17;/h3-5,17H,6-11,15H2,1-2H3;1H. The molecule has 1 aromatic rings. The molecular weight excluding hydrogens is 264 g/mol. The Labute approximate surface area is 122 Å². The quantitative estimate of drug-likeness (QED) is 0.758. The van der Waals surface area contributed by atoms with Crippen molar-refractivity contribution in [2.75, 3.05) is 39.4 Å². The summed E-state index contributed by atoms with van der Waals surface area (Å²) in [6.45, 7) is 7.69. The van der Waals surface area contributed by atoms with Gasteiger partial charge in [0.2, 0.25) is 0 Å². The Hall–Kier alpha value is -0.810. The SMILES string of the molecule is Cc1cccc(C)c1OCCN(CCN)CCO.Cl. The number of rotatable bonds is 8. The van der Waals surface area contributed by atoms with E-state index in [-0.39, 0.29) is 19.0 Å². The van der Waals surface area contributed by atoms with E-state index >= 15 is 0 Å². The molecule has 0 bridgehead atoms. The molecule has 0 fully saturated rings. The maximum Gasteiger partial charge on any atom is 0.125 e. The molecule has 0 saturated heterocycles. The number of para-hydroxylation sites is 1. The molecule has 0 spiro atoms. The van der Waals surface area contributed by atoms with E-state index in [0.717, 1.165) is 30.0 Å². The second-order valence-electron chi connectivity index (χ2n) is 4.42. The first kappa shape index (κ1) is 18.2. The van der Waals surface area contributed by atoms with E-state index < -0.39 is 0 Å². The average Bonchev–Trinajstić information content (AvgIpc) is 2.33. The van der Waals surface area contributed by atoms with Gasteiger partial charge in [0.15, 0.2) is 0 Å². The van der Waals surface area contributed by atoms with E-state index in [2.05, 4.69) is 4.90 Å². The Morgan fingerprint density at radius 1 is 1.16 bits per heavy atom. The lowest BCUT2D eigenvalue weighted by atomic mass is 10.1. The topological polar surface area (TPSA) is 58.7 Å². The van der Waals surface area contributed by atoms with Crippen LogP contribution in [0.2, 0.25) is 0 Å². The molecule has 1 rings (SSSR count). The summed E-state index contributed by atoms with van der Waals surface area (Å²) in [4.78, 5) is 2.10. The number of aliphatic hydroxyl groups excluding tert-OH is 1. The van der Waals surface area contributed by atoms with Crippen molar-refractivity contribution in [3.05, 3.63) is 29.3 Å². The van der Waals surface area contributed by atoms with Crippen molar-refractivity contribution in [1.82, 2.24) is 4.90 Å². The summed E-state index contributed by atoms with van der Waals surface area (Å²) in [5, 5.41) is 8.94. The van der Waals surface area contributed by atoms with Crippen molar-refractivity contribution >= 4 is 12.4 Å². The van der Waals surface area contributed by atoms with Gasteiger partial charge in [-0.15, -0.1) is 12.4 Å². The van der Waals surface area contributed by atoms with Crippen LogP contribution in [0.5, 0.6) is 5.75 Å². The van der Waals surface area contributed by atoms with Crippen molar-refractivity contribution in [2.45, 2.75) is 13.8 Å². The zero-order valence-corrected chi connectivity index (χ0v) is 12.6. The molecule has 1 aromatic carbocycles. The number of nitrogens with two attached hydrogens (primary N) is 1. The van der Waals surface area contributed by atoms with Crippen LogP contribution in [0.15, 0.2) is 18.2 Å². The van der Waals surface area contributed by atoms with Crippen molar-refractivity contribution in [3.8, 4) is 5.75 Å². The lowest BCUT2D eigenvalue weighted by molar-refractivity contribution is 0.171. The fraction of sp³-hybridized carbons (Fsp3) is 0.571. The highest BCUT2D eigenvalue weighted by Gasteiger charge is 2.06. The molecule has 110 valence electrons. The van der Waals surface area contributed by atoms with Crippen molar-refractivity contribution in [3.63, 3.8) is 0 Å². The van der Waals surface area contributed by atoms with Crippen molar-refractivity contribution in [2.24, 2.45) is 5.73 Å². The lowest BCUT2D eigenvalue weighted by Gasteiger charge is -2.21. The molecule has 3 N–H and O–H groups in total. The normalized spacial score (nSPS) is 10.4. The molecule has 4 nitrogen and oxygen atoms in total. The highest BCUT2D eigenvalue weighted by Crippen LogP contribution is 2.22. The van der Waals surface area contributed by atoms with Gasteiger partial charge in [0.05, 0.1) is 6.61 Å². The smallest absolute Gasteiger partial charge is 0.125 e. The summed E-state index contributed by atoms with van der Waals surface area (Å²) < 4.78 is 5.83. The first-order chi connectivity index (χ1) is 8.69. The second-order valence-corrected chi connectivity index (χ2v) is 4.42. The summed E-state index contributed by atoms with van der Waals surface area (Å²) in [6, 6.07) is 6.13. The third-order valence-corrected chi connectivity index (χ3v) is 2.92. The molecular formula is C14H25ClN2O2. The van der Waals surface area contributed by atoms with Gasteiger partial charge in [0.1, 0.15) is 12.4 Å². The molecule has 19 heavy (non-hydrogen) atoms. The fourth-order valence-electron chi connectivity index (χ4n) is 1.96. The van der Waals surface area contributed by atoms with Crippen LogP contribution >= 0.6 is 12.4 Å². The van der Waals surface area contributed by atoms with Crippen LogP contribution in [-0.4, -0.2) is 49.4 Å². The highest BCUT2D eigenvalue weighted by molar-refractivity contribution is 5.85. The van der Waals surface area contributed by atoms with Crippen LogP contribution in [0, 0.1) is 13.8 Å². The predicted molar refractivity (Wildman–Crippen MR) is 81.2 cm³/mol. The monoisotopic (exact) mass is 288 g/mol. The van der Waals surface area contributed by atoms with Crippen LogP contribution in [0.1, 0.15) is 11.1 Å². The second kappa shape index (κ2) is 10.0. The van der Waals surface area contributed by atoms with E-state index in [4.69, 9.17) is 15.6 Å². The first-order valence-electron chi connectivity index (χ1n) is 6.41. The Kier molecular flexibility index (Phi) is 9.61. The number of aliphatic hydroxyl groups is 1. The number of aryl methyl sites for hydroxylation is 2. The number of nitrogens with zero attached hydrogens (tertiary/aromatic N) is 1. The zero-order chi connectivity index (χ0) is 13.4. The Morgan fingerprint density at radius 2 is 1.79 bits per heavy atom. The van der Waals surface area contributed by atoms with Crippen LogP contribution in [0.3, 0.4) is 0 Å². The largest absolute Gasteiger partial charge is 0.492 e. The Morgan fingerprint density at radius 3 is 2.32 bits per heavy atom. The van der Waals surface area contributed by atoms with Crippen LogP contribution < -0.4 is 10.5 Å². The van der Waals surface area contributed by atoms with Gasteiger partial charge in [-0.25, -0.2) is 0 Å². The number of benzene rings is 1. The molecule has 0 aliphatic heterocycles. The maximum atomic E-state index is 8.94. The van der Waals surface area contributed by atoms with Gasteiger partial charge >= 0.3 is 0 Å². The lowest BCUT2D eigenvalue weighted by Crippen LogP contribution is -2.35. The molecule has 0 saturated carbocycles. The third-order valence-electron chi connectivity index (χ3n) is 2.92. The molecule has 0 aliphatic rings. The van der Waals surface area contributed by atoms with E-state index in [9.17, 15) is 0 Å². The minimum absolute atomic E-state index is 0. The average molecular weight is 289 g/mol. The van der Waals surface area contributed by atoms with Gasteiger partial charge in [-0.05, 0) is 25.0 Å². The molecule has 0 radical (unpaired) electrons. The molecule has 0 atom stereocenters. The van der Waals surface area contributed by atoms with Crippen LogP contribution in [0.4, 0.5) is 0 Å². The first-order valence-corrected chi connectivity index (χ1v) is 6.41. The fourth-order valence-corrected chi connectivity index (χ4v) is 1.96. The van der Waals surface area contributed by atoms with Gasteiger partial charge < -0.3 is 15.6 Å². The number of hydrogen-bond acceptors (Lipinski definition) is 4. The van der Waals surface area contributed by atoms with E-state index in [1.54, 1.807) is 0 Å². The number of halogens is 1. The third kappa shape index (κ3) is 6.25. The Balaban J connectivity index is 0.00000324. The molecule has 0 aromatic heterocycles. The van der Waals surface area contributed by atoms with Crippen LogP contribution in [-0.2, 0) is 0 Å². The predicted octanol–water partition coefficient (Wildman–Crippen LogP) is 1.36. The zero-order valence-electron chi connectivity index (χ0n) is 11.8. The summed E-state index contributed by atoms with van der Waals surface area (Å²) >= 11 is 0. The summed E-state index contributed by atoms with van der Waals surface area (Å²) in [5.74, 6) is 0.967. The van der Waals surface area contributed by atoms with Gasteiger partial charge in [0.25, 0.3) is 0 Å². The summed E-state index contributed by atoms with van der Waals surface area (Å²) in [6.07, 6.45) is 0. The van der Waals surface area contributed by atoms with Gasteiger partial charge in [0, 0.05) is 26.2 Å². The van der Waals surface area contributed by atoms with Crippen molar-refractivity contribution in [1.29, 1.82) is 0 Å². The van der Waals surface area contributed by atoms with Gasteiger partial charge in [-0.1, -0.05) is 18.2 Å². The number of ether oxygens (including phenoxy) is 1. The minimum atomic E-state index is 0. The van der Waals surface area contributed by atoms with Gasteiger partial charge in [-0.2, -0.15) is 0 Å². The van der Waals surface area contributed by atoms with E-state index in [1.165, 1.54) is 0 Å². The summed E-state index contributed by atoms with van der Waals surface area (Å²) in [7, 11) is 0. The molecule has 0 aliphatic carbocycles. The Bertz CT molecular complexity index is 335. The van der Waals surface area contributed by atoms with Gasteiger partial charge in [-0.3, -0.25) is 4.90 Å². The molecule has 0 heterocycles. The number of hydrogen-bond donors (Lipinski definition) is 2. The molecule has 0 unspecified atom stereocenters. The maximum absolute atomic E-state index is 8.94. The molecule has 0 amide bonds. The van der Waals surface area contributed by atoms with E-state index in [0.29, 0.717) is 19.7 Å². The highest BCUT2D eigenvalue weighted by atomic mass is 35.5. The minimum Gasteiger partial charge on any atom is -0.492 e.